The molecule has 1 heterocycles. The number of nitrogens with one attached hydrogen (secondary N) is 1. The lowest BCUT2D eigenvalue weighted by atomic mass is 10.3. The molecular formula is C9H7ClN2O. The quantitative estimate of drug-likeness (QED) is 0.798. The molecule has 0 aliphatic rings. The number of benzene rings is 1. The van der Waals surface area contributed by atoms with Gasteiger partial charge in [-0.25, -0.2) is 4.98 Å². The minimum atomic E-state index is 0.460. The Balaban J connectivity index is 2.19. The summed E-state index contributed by atoms with van der Waals surface area (Å²) in [5, 5.41) is 0.643. The van der Waals surface area contributed by atoms with Crippen molar-refractivity contribution in [2.75, 3.05) is 0 Å². The van der Waals surface area contributed by atoms with E-state index in [1.807, 2.05) is 12.1 Å². The van der Waals surface area contributed by atoms with Gasteiger partial charge in [0.2, 0.25) is 0 Å². The number of aromatic amines is 1. The maximum absolute atomic E-state index is 5.77. The predicted octanol–water partition coefficient (Wildman–Crippen LogP) is 2.86. The van der Waals surface area contributed by atoms with Crippen LogP contribution in [-0.4, -0.2) is 9.97 Å². The van der Waals surface area contributed by atoms with E-state index in [0.717, 1.165) is 0 Å². The third kappa shape index (κ3) is 2.00. The van der Waals surface area contributed by atoms with Gasteiger partial charge >= 0.3 is 0 Å². The Bertz CT molecular complexity index is 386. The second-order valence-electron chi connectivity index (χ2n) is 2.45. The molecule has 1 N–H and O–H groups in total. The van der Waals surface area contributed by atoms with Gasteiger partial charge in [-0.05, 0) is 18.2 Å². The molecule has 1 aromatic heterocycles. The van der Waals surface area contributed by atoms with E-state index in [0.29, 0.717) is 16.8 Å². The molecule has 3 nitrogen and oxygen atoms in total. The van der Waals surface area contributed by atoms with Crippen molar-refractivity contribution < 1.29 is 4.74 Å². The maximum Gasteiger partial charge on any atom is 0.299 e. The van der Waals surface area contributed by atoms with Crippen LogP contribution in [0.25, 0.3) is 0 Å². The topological polar surface area (TPSA) is 37.9 Å². The lowest BCUT2D eigenvalue weighted by Crippen LogP contribution is -1.84. The number of H-pyrrole nitrogens is 1. The van der Waals surface area contributed by atoms with E-state index in [9.17, 15) is 0 Å². The highest BCUT2D eigenvalue weighted by molar-refractivity contribution is 6.30. The molecule has 0 bridgehead atoms. The number of aromatic nitrogens is 2. The number of hydrogen-bond acceptors (Lipinski definition) is 2. The van der Waals surface area contributed by atoms with Crippen LogP contribution in [0, 0.1) is 0 Å². The normalized spacial score (nSPS) is 9.92. The third-order valence-corrected chi connectivity index (χ3v) is 1.72. The molecule has 13 heavy (non-hydrogen) atoms. The van der Waals surface area contributed by atoms with E-state index in [4.69, 9.17) is 16.3 Å². The Hall–Kier alpha value is -1.48. The molecule has 0 amide bonds. The van der Waals surface area contributed by atoms with Crippen LogP contribution in [0.2, 0.25) is 5.02 Å². The molecule has 0 atom stereocenters. The fourth-order valence-electron chi connectivity index (χ4n) is 0.949. The minimum absolute atomic E-state index is 0.460. The molecule has 0 aliphatic heterocycles. The van der Waals surface area contributed by atoms with Gasteiger partial charge in [0.15, 0.2) is 0 Å². The Morgan fingerprint density at radius 3 is 3.00 bits per heavy atom. The van der Waals surface area contributed by atoms with E-state index in [-0.39, 0.29) is 0 Å². The molecule has 0 radical (unpaired) electrons. The van der Waals surface area contributed by atoms with E-state index in [2.05, 4.69) is 9.97 Å². The van der Waals surface area contributed by atoms with Crippen molar-refractivity contribution in [3.05, 3.63) is 41.7 Å². The van der Waals surface area contributed by atoms with Gasteiger partial charge in [0, 0.05) is 17.4 Å². The number of halogens is 1. The second kappa shape index (κ2) is 3.49. The van der Waals surface area contributed by atoms with Gasteiger partial charge in [-0.2, -0.15) is 0 Å². The van der Waals surface area contributed by atoms with E-state index < -0.39 is 0 Å². The first-order valence-electron chi connectivity index (χ1n) is 3.77. The summed E-state index contributed by atoms with van der Waals surface area (Å²) in [6.45, 7) is 0. The van der Waals surface area contributed by atoms with Gasteiger partial charge < -0.3 is 9.72 Å². The van der Waals surface area contributed by atoms with Crippen LogP contribution in [0.4, 0.5) is 0 Å². The largest absolute Gasteiger partial charge is 0.426 e. The molecule has 0 unspecified atom stereocenters. The number of ether oxygens (including phenoxy) is 1. The molecule has 0 aliphatic carbocycles. The zero-order valence-electron chi connectivity index (χ0n) is 6.70. The van der Waals surface area contributed by atoms with E-state index >= 15 is 0 Å². The van der Waals surface area contributed by atoms with Crippen molar-refractivity contribution in [2.24, 2.45) is 0 Å². The SMILES string of the molecule is Clc1cccc(Oc2ncc[nH]2)c1. The summed E-state index contributed by atoms with van der Waals surface area (Å²) in [6, 6.07) is 7.61. The summed E-state index contributed by atoms with van der Waals surface area (Å²) in [6.07, 6.45) is 3.32. The van der Waals surface area contributed by atoms with Gasteiger partial charge in [-0.15, -0.1) is 0 Å². The van der Waals surface area contributed by atoms with Crippen LogP contribution in [0.15, 0.2) is 36.7 Å². The van der Waals surface area contributed by atoms with E-state index in [1.54, 1.807) is 24.5 Å². The van der Waals surface area contributed by atoms with Crippen molar-refractivity contribution in [1.82, 2.24) is 9.97 Å². The molecule has 0 spiro atoms. The molecule has 66 valence electrons. The summed E-state index contributed by atoms with van der Waals surface area (Å²) < 4.78 is 5.35. The zero-order chi connectivity index (χ0) is 9.10. The van der Waals surface area contributed by atoms with Crippen LogP contribution in [-0.2, 0) is 0 Å². The first-order chi connectivity index (χ1) is 6.34. The summed E-state index contributed by atoms with van der Waals surface area (Å²) in [4.78, 5) is 6.75. The van der Waals surface area contributed by atoms with Gasteiger partial charge in [-0.1, -0.05) is 17.7 Å². The Labute approximate surface area is 80.3 Å². The standard InChI is InChI=1S/C9H7ClN2O/c10-7-2-1-3-8(6-7)13-9-11-4-5-12-9/h1-6H,(H,11,12). The van der Waals surface area contributed by atoms with Crippen LogP contribution in [0.3, 0.4) is 0 Å². The van der Waals surface area contributed by atoms with Crippen LogP contribution in [0.1, 0.15) is 0 Å². The Kier molecular flexibility index (Phi) is 2.19. The molecule has 2 aromatic rings. The van der Waals surface area contributed by atoms with E-state index in [1.165, 1.54) is 0 Å². The lowest BCUT2D eigenvalue weighted by molar-refractivity contribution is 0.447. The first-order valence-corrected chi connectivity index (χ1v) is 4.15. The lowest BCUT2D eigenvalue weighted by Gasteiger charge is -2.00. The van der Waals surface area contributed by atoms with Gasteiger partial charge in [0.25, 0.3) is 6.01 Å². The average Bonchev–Trinajstić information content (AvgIpc) is 2.57. The number of imidazole rings is 1. The average molecular weight is 195 g/mol. The highest BCUT2D eigenvalue weighted by Crippen LogP contribution is 2.20. The monoisotopic (exact) mass is 194 g/mol. The fourth-order valence-corrected chi connectivity index (χ4v) is 1.13. The molecular weight excluding hydrogens is 188 g/mol. The number of rotatable bonds is 2. The van der Waals surface area contributed by atoms with Crippen LogP contribution < -0.4 is 4.74 Å². The summed E-state index contributed by atoms with van der Waals surface area (Å²) in [7, 11) is 0. The molecule has 0 fully saturated rings. The number of nitrogens with zero attached hydrogens (tertiary/aromatic N) is 1. The van der Waals surface area contributed by atoms with Gasteiger partial charge in [0.1, 0.15) is 5.75 Å². The van der Waals surface area contributed by atoms with Gasteiger partial charge in [0.05, 0.1) is 0 Å². The van der Waals surface area contributed by atoms with Gasteiger partial charge in [-0.3, -0.25) is 0 Å². The molecule has 0 saturated carbocycles. The first kappa shape index (κ1) is 8.13. The smallest absolute Gasteiger partial charge is 0.299 e. The van der Waals surface area contributed by atoms with Crippen LogP contribution in [0.5, 0.6) is 11.8 Å². The Morgan fingerprint density at radius 2 is 2.31 bits per heavy atom. The number of hydrogen-bond donors (Lipinski definition) is 1. The van der Waals surface area contributed by atoms with Crippen molar-refractivity contribution in [2.45, 2.75) is 0 Å². The highest BCUT2D eigenvalue weighted by Gasteiger charge is 1.98. The van der Waals surface area contributed by atoms with Crippen molar-refractivity contribution >= 4 is 11.6 Å². The summed E-state index contributed by atoms with van der Waals surface area (Å²) in [5.41, 5.74) is 0. The third-order valence-electron chi connectivity index (χ3n) is 1.48. The summed E-state index contributed by atoms with van der Waals surface area (Å²) in [5.74, 6) is 0.669. The summed E-state index contributed by atoms with van der Waals surface area (Å²) >= 11 is 5.77. The Morgan fingerprint density at radius 1 is 1.38 bits per heavy atom. The van der Waals surface area contributed by atoms with Crippen molar-refractivity contribution in [3.63, 3.8) is 0 Å². The molecule has 2 rings (SSSR count). The van der Waals surface area contributed by atoms with Crippen molar-refractivity contribution in [1.29, 1.82) is 0 Å². The highest BCUT2D eigenvalue weighted by atomic mass is 35.5. The predicted molar refractivity (Wildman–Crippen MR) is 50.1 cm³/mol. The fraction of sp³-hybridized carbons (Fsp3) is 0. The molecule has 4 heteroatoms. The molecule has 1 aromatic carbocycles. The zero-order valence-corrected chi connectivity index (χ0v) is 7.45. The minimum Gasteiger partial charge on any atom is -0.426 e. The second-order valence-corrected chi connectivity index (χ2v) is 2.89. The maximum atomic E-state index is 5.77. The molecule has 0 saturated heterocycles. The van der Waals surface area contributed by atoms with Crippen LogP contribution >= 0.6 is 11.6 Å². The van der Waals surface area contributed by atoms with Crippen molar-refractivity contribution in [3.8, 4) is 11.8 Å².